The van der Waals surface area contributed by atoms with E-state index in [0.29, 0.717) is 49.9 Å². The SMILES string of the molecule is CNCCO[C@H]1[C@H](OC(C)=O)C[C@@]23COC[C@]1(C)C2CC[C@H]1C3=CC[C@@]2(C)[C@H](C(=O)O)[C@@](C)([C@H](C)C(C)C)CC[C@]12C. The normalized spacial score (nSPS) is 47.0. The van der Waals surface area contributed by atoms with E-state index in [9.17, 15) is 14.7 Å². The zero-order chi connectivity index (χ0) is 30.9. The van der Waals surface area contributed by atoms with Crippen LogP contribution in [0.4, 0.5) is 0 Å². The van der Waals surface area contributed by atoms with E-state index in [1.165, 1.54) is 12.5 Å². The van der Waals surface area contributed by atoms with Crippen LogP contribution in [0.2, 0.25) is 0 Å². The molecular weight excluding hydrogens is 530 g/mol. The van der Waals surface area contributed by atoms with Crippen LogP contribution in [-0.4, -0.2) is 62.7 Å². The molecule has 1 unspecified atom stereocenters. The zero-order valence-electron chi connectivity index (χ0n) is 27.7. The predicted molar refractivity (Wildman–Crippen MR) is 163 cm³/mol. The van der Waals surface area contributed by atoms with E-state index in [0.717, 1.165) is 38.6 Å². The average molecular weight is 588 g/mol. The Morgan fingerprint density at radius 2 is 1.81 bits per heavy atom. The molecule has 3 saturated carbocycles. The Bertz CT molecular complexity index is 1110. The van der Waals surface area contributed by atoms with E-state index in [1.54, 1.807) is 0 Å². The average Bonchev–Trinajstić information content (AvgIpc) is 2.90. The largest absolute Gasteiger partial charge is 0.481 e. The first-order chi connectivity index (χ1) is 19.6. The molecule has 7 heteroatoms. The first-order valence-corrected chi connectivity index (χ1v) is 16.6. The van der Waals surface area contributed by atoms with Gasteiger partial charge in [0.15, 0.2) is 0 Å². The first-order valence-electron chi connectivity index (χ1n) is 16.6. The molecule has 238 valence electrons. The Morgan fingerprint density at radius 1 is 1.10 bits per heavy atom. The lowest BCUT2D eigenvalue weighted by atomic mass is 9.34. The van der Waals surface area contributed by atoms with Crippen molar-refractivity contribution in [3.05, 3.63) is 11.6 Å². The predicted octanol–water partition coefficient (Wildman–Crippen LogP) is 6.11. The highest BCUT2D eigenvalue weighted by Gasteiger charge is 2.72. The molecule has 5 rings (SSSR count). The van der Waals surface area contributed by atoms with Gasteiger partial charge in [-0.2, -0.15) is 0 Å². The summed E-state index contributed by atoms with van der Waals surface area (Å²) in [6, 6.07) is 0. The fourth-order valence-corrected chi connectivity index (χ4v) is 11.5. The van der Waals surface area contributed by atoms with Crippen LogP contribution in [0.25, 0.3) is 0 Å². The van der Waals surface area contributed by atoms with Gasteiger partial charge < -0.3 is 24.6 Å². The van der Waals surface area contributed by atoms with E-state index in [1.807, 2.05) is 7.05 Å². The summed E-state index contributed by atoms with van der Waals surface area (Å²) in [6.45, 7) is 20.0. The van der Waals surface area contributed by atoms with Gasteiger partial charge in [-0.1, -0.05) is 60.1 Å². The van der Waals surface area contributed by atoms with Crippen molar-refractivity contribution < 1.29 is 28.9 Å². The number of fused-ring (bicyclic) bond motifs is 3. The quantitative estimate of drug-likeness (QED) is 0.201. The van der Waals surface area contributed by atoms with Gasteiger partial charge in [0.25, 0.3) is 0 Å². The van der Waals surface area contributed by atoms with Crippen molar-refractivity contribution in [1.82, 2.24) is 5.32 Å². The van der Waals surface area contributed by atoms with Crippen molar-refractivity contribution in [2.24, 2.45) is 56.7 Å². The molecule has 11 atom stereocenters. The van der Waals surface area contributed by atoms with Crippen LogP contribution in [0.5, 0.6) is 0 Å². The summed E-state index contributed by atoms with van der Waals surface area (Å²) in [7, 11) is 1.92. The van der Waals surface area contributed by atoms with Crippen LogP contribution in [0.1, 0.15) is 93.9 Å². The summed E-state index contributed by atoms with van der Waals surface area (Å²) >= 11 is 0. The number of rotatable bonds is 8. The van der Waals surface area contributed by atoms with Gasteiger partial charge in [0.1, 0.15) is 12.2 Å². The van der Waals surface area contributed by atoms with Gasteiger partial charge in [0.2, 0.25) is 0 Å². The molecule has 0 spiro atoms. The highest BCUT2D eigenvalue weighted by atomic mass is 16.6. The second kappa shape index (κ2) is 10.9. The number of nitrogens with one attached hydrogen (secondary N) is 1. The third-order valence-electron chi connectivity index (χ3n) is 14.0. The second-order valence-corrected chi connectivity index (χ2v) is 16.1. The van der Waals surface area contributed by atoms with E-state index in [2.05, 4.69) is 59.9 Å². The number of likely N-dealkylation sites (N-methyl/N-ethyl adjacent to an activating group) is 1. The van der Waals surface area contributed by atoms with Gasteiger partial charge in [0.05, 0.1) is 25.7 Å². The second-order valence-electron chi connectivity index (χ2n) is 16.1. The summed E-state index contributed by atoms with van der Waals surface area (Å²) in [5.74, 6) is 0.0883. The number of carbonyl (C=O) groups excluding carboxylic acids is 1. The molecule has 0 aromatic rings. The van der Waals surface area contributed by atoms with Gasteiger partial charge in [-0.3, -0.25) is 9.59 Å². The van der Waals surface area contributed by atoms with E-state index >= 15 is 0 Å². The highest BCUT2D eigenvalue weighted by Crippen LogP contribution is 2.75. The van der Waals surface area contributed by atoms with E-state index < -0.39 is 11.9 Å². The molecule has 2 N–H and O–H groups in total. The molecule has 0 radical (unpaired) electrons. The van der Waals surface area contributed by atoms with Gasteiger partial charge >= 0.3 is 11.9 Å². The molecule has 42 heavy (non-hydrogen) atoms. The third-order valence-corrected chi connectivity index (χ3v) is 14.0. The van der Waals surface area contributed by atoms with Gasteiger partial charge in [-0.25, -0.2) is 0 Å². The lowest BCUT2D eigenvalue weighted by molar-refractivity contribution is -0.266. The molecule has 1 saturated heterocycles. The number of esters is 1. The van der Waals surface area contributed by atoms with Crippen molar-refractivity contribution in [3.63, 3.8) is 0 Å². The molecule has 4 aliphatic carbocycles. The summed E-state index contributed by atoms with van der Waals surface area (Å²) in [5.41, 5.74) is 0.202. The van der Waals surface area contributed by atoms with Crippen LogP contribution in [0.15, 0.2) is 11.6 Å². The van der Waals surface area contributed by atoms with Crippen LogP contribution >= 0.6 is 0 Å². The summed E-state index contributed by atoms with van der Waals surface area (Å²) in [5, 5.41) is 14.1. The number of carboxylic acids is 1. The lowest BCUT2D eigenvalue weighted by Crippen LogP contribution is -2.70. The molecule has 2 bridgehead atoms. The first kappa shape index (κ1) is 32.0. The molecule has 0 amide bonds. The minimum atomic E-state index is -0.634. The van der Waals surface area contributed by atoms with Crippen LogP contribution in [0.3, 0.4) is 0 Å². The Hall–Kier alpha value is -1.44. The summed E-state index contributed by atoms with van der Waals surface area (Å²) < 4.78 is 19.1. The zero-order valence-corrected chi connectivity index (χ0v) is 27.7. The fraction of sp³-hybridized carbons (Fsp3) is 0.886. The monoisotopic (exact) mass is 587 g/mol. The third kappa shape index (κ3) is 4.37. The Morgan fingerprint density at radius 3 is 2.43 bits per heavy atom. The van der Waals surface area contributed by atoms with E-state index in [-0.39, 0.29) is 45.3 Å². The van der Waals surface area contributed by atoms with Crippen molar-refractivity contribution in [3.8, 4) is 0 Å². The summed E-state index contributed by atoms with van der Waals surface area (Å²) in [4.78, 5) is 25.7. The Labute approximate surface area is 253 Å². The number of carbonyl (C=O) groups is 2. The van der Waals surface area contributed by atoms with Crippen molar-refractivity contribution in [2.75, 3.05) is 33.4 Å². The van der Waals surface area contributed by atoms with E-state index in [4.69, 9.17) is 14.2 Å². The molecule has 5 aliphatic rings. The van der Waals surface area contributed by atoms with Crippen LogP contribution < -0.4 is 5.32 Å². The number of ether oxygens (including phenoxy) is 3. The minimum absolute atomic E-state index is 0.138. The molecule has 1 heterocycles. The van der Waals surface area contributed by atoms with Crippen LogP contribution in [-0.2, 0) is 23.8 Å². The standard InChI is InChI=1S/C35H57NO6/c1-21(2)22(3)31(5)14-15-33(7)24-10-11-27-32(6)19-40-20-35(27,25(24)12-13-34(33,8)28(31)30(38)39)18-26(42-23(4)37)29(32)41-17-16-36-9/h12,21-22,24,26-29,36H,10-11,13-20H2,1-9H3,(H,38,39)/t22-,24+,26-,27?,28-,29+,31-,32-,33-,34+,35+/m1/s1. The molecular formula is C35H57NO6. The maximum Gasteiger partial charge on any atom is 0.307 e. The van der Waals surface area contributed by atoms with Crippen LogP contribution in [0, 0.1) is 56.7 Å². The number of carboxylic acid groups (broad SMARTS) is 1. The number of hydrogen-bond acceptors (Lipinski definition) is 6. The van der Waals surface area contributed by atoms with Gasteiger partial charge in [-0.15, -0.1) is 0 Å². The molecule has 1 aliphatic heterocycles. The van der Waals surface area contributed by atoms with Crippen molar-refractivity contribution >= 4 is 11.9 Å². The maximum atomic E-state index is 13.3. The van der Waals surface area contributed by atoms with Crippen molar-refractivity contribution in [2.45, 2.75) is 106 Å². The smallest absolute Gasteiger partial charge is 0.307 e. The Kier molecular flexibility index (Phi) is 8.27. The Balaban J connectivity index is 1.59. The topological polar surface area (TPSA) is 94.1 Å². The molecule has 7 nitrogen and oxygen atoms in total. The lowest BCUT2D eigenvalue weighted by Gasteiger charge is -2.71. The number of aliphatic carboxylic acids is 1. The van der Waals surface area contributed by atoms with Gasteiger partial charge in [0, 0.05) is 24.3 Å². The fourth-order valence-electron chi connectivity index (χ4n) is 11.5. The maximum absolute atomic E-state index is 13.3. The highest BCUT2D eigenvalue weighted by molar-refractivity contribution is 5.73. The molecule has 0 aromatic carbocycles. The summed E-state index contributed by atoms with van der Waals surface area (Å²) in [6.07, 6.45) is 7.44. The number of allylic oxidation sites excluding steroid dienone is 1. The number of hydrogen-bond donors (Lipinski definition) is 2. The molecule has 0 aromatic heterocycles. The molecule has 4 fully saturated rings. The van der Waals surface area contributed by atoms with Gasteiger partial charge in [-0.05, 0) is 85.5 Å². The minimum Gasteiger partial charge on any atom is -0.481 e. The van der Waals surface area contributed by atoms with Crippen molar-refractivity contribution in [1.29, 1.82) is 0 Å².